The number of rotatable bonds is 14. The first-order valence-electron chi connectivity index (χ1n) is 14.0. The van der Waals surface area contributed by atoms with Crippen molar-refractivity contribution in [2.24, 2.45) is 5.92 Å². The molecule has 3 atom stereocenters. The first-order valence-corrected chi connectivity index (χ1v) is 14.4. The highest BCUT2D eigenvalue weighted by Gasteiger charge is 2.43. The first kappa shape index (κ1) is 35.1. The van der Waals surface area contributed by atoms with E-state index in [2.05, 4.69) is 5.32 Å². The zero-order chi connectivity index (χ0) is 32.6. The van der Waals surface area contributed by atoms with E-state index in [0.717, 1.165) is 0 Å². The quantitative estimate of drug-likeness (QED) is 0.234. The van der Waals surface area contributed by atoms with E-state index in [9.17, 15) is 19.5 Å². The lowest BCUT2D eigenvalue weighted by atomic mass is 9.97. The minimum absolute atomic E-state index is 0.0736. The molecule has 3 rings (SSSR count). The zero-order valence-corrected chi connectivity index (χ0v) is 26.8. The van der Waals surface area contributed by atoms with E-state index in [1.807, 2.05) is 13.8 Å². The number of ether oxygens (including phenoxy) is 6. The molecular formula is C31H41ClN2O10. The molecule has 0 unspecified atom stereocenters. The van der Waals surface area contributed by atoms with Crippen molar-refractivity contribution in [1.82, 2.24) is 5.32 Å². The highest BCUT2D eigenvalue weighted by molar-refractivity contribution is 6.30. The van der Waals surface area contributed by atoms with Crippen molar-refractivity contribution in [1.29, 1.82) is 0 Å². The Hall–Kier alpha value is -3.42. The molecule has 0 saturated heterocycles. The summed E-state index contributed by atoms with van der Waals surface area (Å²) in [6.45, 7) is 2.98. The fraction of sp³-hybridized carbons (Fsp3) is 0.516. The molecule has 0 spiro atoms. The Bertz CT molecular complexity index is 1310. The van der Waals surface area contributed by atoms with Crippen molar-refractivity contribution >= 4 is 35.1 Å². The van der Waals surface area contributed by atoms with E-state index >= 15 is 0 Å². The molecule has 2 amide bonds. The number of aliphatic hydroxyl groups excluding tert-OH is 1. The lowest BCUT2D eigenvalue weighted by molar-refractivity contribution is -0.220. The average Bonchev–Trinajstić information content (AvgIpc) is 3.12. The van der Waals surface area contributed by atoms with Gasteiger partial charge in [-0.25, -0.2) is 4.79 Å². The number of fused-ring (bicyclic) bond motifs is 1. The second-order valence-electron chi connectivity index (χ2n) is 10.7. The van der Waals surface area contributed by atoms with Crippen LogP contribution in [0.25, 0.3) is 0 Å². The molecule has 0 radical (unpaired) electrons. The number of carbonyl (C=O) groups is 3. The van der Waals surface area contributed by atoms with Gasteiger partial charge in [0.05, 0.1) is 46.6 Å². The maximum Gasteiger partial charge on any atom is 0.328 e. The lowest BCUT2D eigenvalue weighted by Crippen LogP contribution is -2.53. The van der Waals surface area contributed by atoms with Crippen LogP contribution in [0, 0.1) is 5.92 Å². The van der Waals surface area contributed by atoms with Gasteiger partial charge in [0.1, 0.15) is 18.2 Å². The Morgan fingerprint density at radius 1 is 1.07 bits per heavy atom. The van der Waals surface area contributed by atoms with Crippen LogP contribution in [0.4, 0.5) is 5.69 Å². The van der Waals surface area contributed by atoms with E-state index in [-0.39, 0.29) is 12.5 Å². The second-order valence-corrected chi connectivity index (χ2v) is 11.1. The third kappa shape index (κ3) is 7.80. The summed E-state index contributed by atoms with van der Waals surface area (Å²) in [4.78, 5) is 41.5. The molecule has 1 heterocycles. The fourth-order valence-corrected chi connectivity index (χ4v) is 5.29. The average molecular weight is 637 g/mol. The number of nitrogens with zero attached hydrogens (tertiary/aromatic N) is 1. The maximum atomic E-state index is 14.3. The SMILES string of the molecule is COC(=O)[C@@H](CC(C)C)NC(=O)C[C@H]1O[C@H](c2cccc(OC)c2OC)c2cc(Cl)ccc2N(CC(CO)(OC)OC)C1=O. The monoisotopic (exact) mass is 636 g/mol. The van der Waals surface area contributed by atoms with Gasteiger partial charge in [0.25, 0.3) is 5.91 Å². The van der Waals surface area contributed by atoms with Crippen molar-refractivity contribution in [2.45, 2.75) is 50.7 Å². The number of aliphatic hydroxyl groups is 1. The zero-order valence-electron chi connectivity index (χ0n) is 26.0. The fourth-order valence-electron chi connectivity index (χ4n) is 5.11. The van der Waals surface area contributed by atoms with Gasteiger partial charge in [0.15, 0.2) is 11.5 Å². The summed E-state index contributed by atoms with van der Waals surface area (Å²) in [7, 11) is 6.91. The minimum Gasteiger partial charge on any atom is -0.493 e. The van der Waals surface area contributed by atoms with Crippen LogP contribution in [0.15, 0.2) is 36.4 Å². The molecule has 2 aromatic rings. The van der Waals surface area contributed by atoms with Crippen LogP contribution in [-0.2, 0) is 33.3 Å². The highest BCUT2D eigenvalue weighted by Crippen LogP contribution is 2.45. The molecule has 0 fully saturated rings. The molecule has 44 heavy (non-hydrogen) atoms. The molecule has 1 aliphatic rings. The largest absolute Gasteiger partial charge is 0.493 e. The van der Waals surface area contributed by atoms with Crippen molar-refractivity contribution in [3.05, 3.63) is 52.5 Å². The van der Waals surface area contributed by atoms with E-state index in [0.29, 0.717) is 39.8 Å². The topological polar surface area (TPSA) is 142 Å². The van der Waals surface area contributed by atoms with Crippen molar-refractivity contribution < 1.29 is 47.9 Å². The molecule has 242 valence electrons. The van der Waals surface area contributed by atoms with Gasteiger partial charge < -0.3 is 43.7 Å². The molecule has 0 saturated carbocycles. The standard InChI is InChI=1S/C31H41ClN2O10/c1-18(2)13-22(30(38)41-5)33-26(36)15-25-29(37)34(16-31(17-35,42-6)43-7)23-12-11-19(32)14-21(23)27(44-25)20-9-8-10-24(39-3)28(20)40-4/h8-12,14,18,22,25,27,35H,13,15-17H2,1-7H3,(H,33,36)/t22-,25-,27-/m1/s1. The number of methoxy groups -OCH3 is 5. The van der Waals surface area contributed by atoms with Crippen LogP contribution in [-0.4, -0.2) is 89.5 Å². The predicted octanol–water partition coefficient (Wildman–Crippen LogP) is 3.25. The highest BCUT2D eigenvalue weighted by atomic mass is 35.5. The lowest BCUT2D eigenvalue weighted by Gasteiger charge is -2.35. The van der Waals surface area contributed by atoms with Gasteiger partial charge in [-0.15, -0.1) is 0 Å². The summed E-state index contributed by atoms with van der Waals surface area (Å²) < 4.78 is 33.6. The maximum absolute atomic E-state index is 14.3. The number of para-hydroxylation sites is 1. The van der Waals surface area contributed by atoms with Gasteiger partial charge in [0.2, 0.25) is 11.7 Å². The van der Waals surface area contributed by atoms with Gasteiger partial charge in [0, 0.05) is 30.4 Å². The number of amides is 2. The summed E-state index contributed by atoms with van der Waals surface area (Å²) in [5, 5.41) is 13.2. The molecule has 0 bridgehead atoms. The van der Waals surface area contributed by atoms with Crippen LogP contribution in [0.5, 0.6) is 11.5 Å². The summed E-state index contributed by atoms with van der Waals surface area (Å²) >= 11 is 6.46. The predicted molar refractivity (Wildman–Crippen MR) is 162 cm³/mol. The smallest absolute Gasteiger partial charge is 0.328 e. The number of nitrogens with one attached hydrogen (secondary N) is 1. The second kappa shape index (κ2) is 15.5. The van der Waals surface area contributed by atoms with Crippen LogP contribution >= 0.6 is 11.6 Å². The van der Waals surface area contributed by atoms with Crippen LogP contribution < -0.4 is 19.7 Å². The van der Waals surface area contributed by atoms with E-state index in [1.165, 1.54) is 40.4 Å². The Morgan fingerprint density at radius 2 is 1.77 bits per heavy atom. The van der Waals surface area contributed by atoms with Crippen LogP contribution in [0.1, 0.15) is 43.9 Å². The minimum atomic E-state index is -1.60. The molecule has 0 aliphatic carbocycles. The van der Waals surface area contributed by atoms with Gasteiger partial charge in [-0.2, -0.15) is 0 Å². The molecule has 13 heteroatoms. The summed E-state index contributed by atoms with van der Waals surface area (Å²) in [6.07, 6.45) is -2.46. The van der Waals surface area contributed by atoms with Gasteiger partial charge in [-0.05, 0) is 36.6 Å². The Morgan fingerprint density at radius 3 is 2.34 bits per heavy atom. The van der Waals surface area contributed by atoms with Crippen molar-refractivity contribution in [3.8, 4) is 11.5 Å². The van der Waals surface area contributed by atoms with Crippen molar-refractivity contribution in [2.75, 3.05) is 53.6 Å². The number of hydrogen-bond acceptors (Lipinski definition) is 10. The Labute approximate surface area is 262 Å². The van der Waals surface area contributed by atoms with Crippen LogP contribution in [0.3, 0.4) is 0 Å². The third-order valence-electron chi connectivity index (χ3n) is 7.40. The number of carbonyl (C=O) groups excluding carboxylic acids is 3. The van der Waals surface area contributed by atoms with Crippen molar-refractivity contribution in [3.63, 3.8) is 0 Å². The number of benzene rings is 2. The molecule has 2 aromatic carbocycles. The van der Waals surface area contributed by atoms with E-state index in [4.69, 9.17) is 40.0 Å². The third-order valence-corrected chi connectivity index (χ3v) is 7.64. The number of hydrogen-bond donors (Lipinski definition) is 2. The van der Waals surface area contributed by atoms with Gasteiger partial charge >= 0.3 is 5.97 Å². The number of esters is 1. The molecule has 0 aromatic heterocycles. The summed E-state index contributed by atoms with van der Waals surface area (Å²) in [5.74, 6) is -2.56. The Balaban J connectivity index is 2.18. The first-order chi connectivity index (χ1) is 21.0. The van der Waals surface area contributed by atoms with Crippen LogP contribution in [0.2, 0.25) is 5.02 Å². The Kier molecular flexibility index (Phi) is 12.4. The molecule has 1 aliphatic heterocycles. The summed E-state index contributed by atoms with van der Waals surface area (Å²) in [5.41, 5.74) is 1.37. The molecular weight excluding hydrogens is 596 g/mol. The molecule has 2 N–H and O–H groups in total. The summed E-state index contributed by atoms with van der Waals surface area (Å²) in [6, 6.07) is 9.21. The van der Waals surface area contributed by atoms with Gasteiger partial charge in [-0.3, -0.25) is 9.59 Å². The van der Waals surface area contributed by atoms with E-state index < -0.39 is 54.8 Å². The normalized spacial score (nSPS) is 17.5. The number of anilines is 1. The van der Waals surface area contributed by atoms with Gasteiger partial charge in [-0.1, -0.05) is 37.6 Å². The molecule has 12 nitrogen and oxygen atoms in total. The number of halogens is 1. The van der Waals surface area contributed by atoms with E-state index in [1.54, 1.807) is 36.4 Å².